The van der Waals surface area contributed by atoms with Gasteiger partial charge in [-0.2, -0.15) is 0 Å². The van der Waals surface area contributed by atoms with Gasteiger partial charge < -0.3 is 10.6 Å². The van der Waals surface area contributed by atoms with Crippen molar-refractivity contribution in [3.05, 3.63) is 72.1 Å². The highest BCUT2D eigenvalue weighted by Gasteiger charge is 2.34. The second-order valence-corrected chi connectivity index (χ2v) is 7.22. The number of halogens is 4. The molecule has 0 aliphatic rings. The lowest BCUT2D eigenvalue weighted by atomic mass is 10.2. The molecule has 2 N–H and O–H groups in total. The summed E-state index contributed by atoms with van der Waals surface area (Å²) in [6.45, 7) is 0. The second-order valence-electron chi connectivity index (χ2n) is 4.85. The Kier molecular flexibility index (Phi) is 6.49. The van der Waals surface area contributed by atoms with Crippen molar-refractivity contribution >= 4 is 52.5 Å². The molecule has 1 unspecified atom stereocenters. The number of anilines is 1. The predicted octanol–water partition coefficient (Wildman–Crippen LogP) is 4.76. The molecule has 1 atom stereocenters. The highest BCUT2D eigenvalue weighted by Crippen LogP contribution is 2.31. The van der Waals surface area contributed by atoms with E-state index in [2.05, 4.69) is 10.6 Å². The van der Waals surface area contributed by atoms with Gasteiger partial charge in [-0.25, -0.2) is 4.39 Å². The quantitative estimate of drug-likeness (QED) is 0.441. The van der Waals surface area contributed by atoms with E-state index in [1.165, 1.54) is 24.3 Å². The Morgan fingerprint density at radius 1 is 1.04 bits per heavy atom. The fourth-order valence-electron chi connectivity index (χ4n) is 1.86. The zero-order valence-corrected chi connectivity index (χ0v) is 14.6. The van der Waals surface area contributed by atoms with E-state index in [9.17, 15) is 9.18 Å². The number of hydrogen-bond acceptors (Lipinski definition) is 2. The molecule has 2 aromatic rings. The largest absolute Gasteiger partial charge is 0.359 e. The molecule has 126 valence electrons. The van der Waals surface area contributed by atoms with Gasteiger partial charge in [0.1, 0.15) is 12.0 Å². The van der Waals surface area contributed by atoms with Gasteiger partial charge in [0.2, 0.25) is 9.70 Å². The van der Waals surface area contributed by atoms with E-state index in [1.807, 2.05) is 30.3 Å². The Hall–Kier alpha value is -1.75. The van der Waals surface area contributed by atoms with E-state index >= 15 is 0 Å². The van der Waals surface area contributed by atoms with Crippen LogP contribution in [0.1, 0.15) is 5.56 Å². The molecule has 0 heterocycles. The van der Waals surface area contributed by atoms with Gasteiger partial charge in [-0.05, 0) is 23.8 Å². The summed E-state index contributed by atoms with van der Waals surface area (Å²) in [4.78, 5) is 12.0. The van der Waals surface area contributed by atoms with Crippen LogP contribution in [-0.2, 0) is 4.79 Å². The van der Waals surface area contributed by atoms with Crippen LogP contribution in [-0.4, -0.2) is 15.9 Å². The fourth-order valence-corrected chi connectivity index (χ4v) is 2.19. The summed E-state index contributed by atoms with van der Waals surface area (Å²) in [5.41, 5.74) is 0.960. The lowest BCUT2D eigenvalue weighted by Crippen LogP contribution is -2.48. The lowest BCUT2D eigenvalue weighted by molar-refractivity contribution is -0.116. The fraction of sp³-hybridized carbons (Fsp3) is 0.118. The first kappa shape index (κ1) is 18.6. The number of amides is 1. The normalized spacial score (nSPS) is 12.8. The first-order chi connectivity index (χ1) is 11.4. The number of hydrogen-bond donors (Lipinski definition) is 2. The van der Waals surface area contributed by atoms with Crippen LogP contribution >= 0.6 is 34.8 Å². The van der Waals surface area contributed by atoms with E-state index in [-0.39, 0.29) is 5.69 Å². The molecule has 0 aliphatic heterocycles. The molecule has 24 heavy (non-hydrogen) atoms. The molecule has 0 bridgehead atoms. The second kappa shape index (κ2) is 8.38. The Bertz CT molecular complexity index is 717. The van der Waals surface area contributed by atoms with Gasteiger partial charge in [0, 0.05) is 6.08 Å². The van der Waals surface area contributed by atoms with Crippen LogP contribution in [0, 0.1) is 5.82 Å². The number of carbonyl (C=O) groups excluding carboxylic acids is 1. The average molecular weight is 388 g/mol. The Morgan fingerprint density at radius 2 is 1.67 bits per heavy atom. The van der Waals surface area contributed by atoms with Gasteiger partial charge in [-0.3, -0.25) is 4.79 Å². The van der Waals surface area contributed by atoms with Crippen LogP contribution in [0.4, 0.5) is 10.1 Å². The molecule has 2 rings (SSSR count). The molecular formula is C17H14Cl3FN2O. The van der Waals surface area contributed by atoms with Crippen molar-refractivity contribution in [2.75, 3.05) is 5.32 Å². The molecule has 0 spiro atoms. The van der Waals surface area contributed by atoms with Gasteiger partial charge in [-0.15, -0.1) is 0 Å². The van der Waals surface area contributed by atoms with Crippen LogP contribution in [0.15, 0.2) is 60.7 Å². The summed E-state index contributed by atoms with van der Waals surface area (Å²) >= 11 is 17.6. The molecule has 0 aliphatic carbocycles. The van der Waals surface area contributed by atoms with Gasteiger partial charge in [0.15, 0.2) is 0 Å². The van der Waals surface area contributed by atoms with E-state index in [0.29, 0.717) is 0 Å². The van der Waals surface area contributed by atoms with Crippen molar-refractivity contribution in [1.82, 2.24) is 5.32 Å². The van der Waals surface area contributed by atoms with Crippen molar-refractivity contribution in [2.24, 2.45) is 0 Å². The summed E-state index contributed by atoms with van der Waals surface area (Å²) in [5, 5.41) is 5.18. The zero-order chi connectivity index (χ0) is 17.6. The van der Waals surface area contributed by atoms with Crippen molar-refractivity contribution in [2.45, 2.75) is 9.96 Å². The lowest BCUT2D eigenvalue weighted by Gasteiger charge is -2.27. The van der Waals surface area contributed by atoms with Gasteiger partial charge in [-0.1, -0.05) is 77.3 Å². The maximum Gasteiger partial charge on any atom is 0.245 e. The van der Waals surface area contributed by atoms with E-state index in [1.54, 1.807) is 12.1 Å². The molecule has 0 radical (unpaired) electrons. The third-order valence-corrected chi connectivity index (χ3v) is 3.67. The van der Waals surface area contributed by atoms with E-state index in [4.69, 9.17) is 34.8 Å². The van der Waals surface area contributed by atoms with E-state index < -0.39 is 21.7 Å². The summed E-state index contributed by atoms with van der Waals surface area (Å²) in [6, 6.07) is 15.1. The minimum atomic E-state index is -1.88. The molecule has 0 saturated heterocycles. The minimum absolute atomic E-state index is 0.112. The Labute approximate surface area is 154 Å². The molecule has 7 heteroatoms. The molecule has 0 fully saturated rings. The zero-order valence-electron chi connectivity index (χ0n) is 12.3. The van der Waals surface area contributed by atoms with Gasteiger partial charge >= 0.3 is 0 Å². The summed E-state index contributed by atoms with van der Waals surface area (Å²) < 4.78 is 11.9. The Balaban J connectivity index is 2.08. The number of para-hydroxylation sites is 1. The Morgan fingerprint density at radius 3 is 2.29 bits per heavy atom. The van der Waals surface area contributed by atoms with Crippen LogP contribution in [0.25, 0.3) is 6.08 Å². The number of carbonyl (C=O) groups is 1. The number of rotatable bonds is 5. The topological polar surface area (TPSA) is 41.1 Å². The van der Waals surface area contributed by atoms with Gasteiger partial charge in [0.05, 0.1) is 5.69 Å². The molecular weight excluding hydrogens is 374 g/mol. The van der Waals surface area contributed by atoms with Crippen molar-refractivity contribution in [3.63, 3.8) is 0 Å². The van der Waals surface area contributed by atoms with E-state index in [0.717, 1.165) is 5.56 Å². The summed E-state index contributed by atoms with van der Waals surface area (Å²) in [7, 11) is 0. The van der Waals surface area contributed by atoms with Crippen LogP contribution in [0.2, 0.25) is 0 Å². The SMILES string of the molecule is O=C(/C=C\c1ccccc1)NC(Nc1ccccc1F)C(Cl)(Cl)Cl. The molecule has 0 aromatic heterocycles. The third kappa shape index (κ3) is 5.71. The van der Waals surface area contributed by atoms with Crippen molar-refractivity contribution in [1.29, 1.82) is 0 Å². The predicted molar refractivity (Wildman–Crippen MR) is 97.7 cm³/mol. The molecule has 3 nitrogen and oxygen atoms in total. The van der Waals surface area contributed by atoms with Gasteiger partial charge in [0.25, 0.3) is 0 Å². The smallest absolute Gasteiger partial charge is 0.245 e. The van der Waals surface area contributed by atoms with Crippen molar-refractivity contribution < 1.29 is 9.18 Å². The highest BCUT2D eigenvalue weighted by molar-refractivity contribution is 6.68. The van der Waals surface area contributed by atoms with Crippen LogP contribution in [0.3, 0.4) is 0 Å². The third-order valence-electron chi connectivity index (χ3n) is 3.01. The number of alkyl halides is 3. The summed E-state index contributed by atoms with van der Waals surface area (Å²) in [5.74, 6) is -1.01. The number of benzene rings is 2. The molecule has 1 amide bonds. The molecule has 0 saturated carbocycles. The minimum Gasteiger partial charge on any atom is -0.359 e. The van der Waals surface area contributed by atoms with Crippen LogP contribution < -0.4 is 10.6 Å². The first-order valence-electron chi connectivity index (χ1n) is 6.97. The van der Waals surface area contributed by atoms with Crippen LogP contribution in [0.5, 0.6) is 0 Å². The monoisotopic (exact) mass is 386 g/mol. The maximum absolute atomic E-state index is 13.7. The maximum atomic E-state index is 13.7. The molecule has 2 aromatic carbocycles. The average Bonchev–Trinajstić information content (AvgIpc) is 2.54. The number of nitrogens with one attached hydrogen (secondary N) is 2. The highest BCUT2D eigenvalue weighted by atomic mass is 35.6. The van der Waals surface area contributed by atoms with Crippen molar-refractivity contribution in [3.8, 4) is 0 Å². The first-order valence-corrected chi connectivity index (χ1v) is 8.11. The standard InChI is InChI=1S/C17H14Cl3FN2O/c18-17(19,20)16(22-14-9-5-4-8-13(14)21)23-15(24)11-10-12-6-2-1-3-7-12/h1-11,16,22H,(H,23,24)/b11-10-. The summed E-state index contributed by atoms with van der Waals surface area (Å²) in [6.07, 6.45) is 1.81.